The van der Waals surface area contributed by atoms with Crippen LogP contribution < -0.4 is 5.32 Å². The highest BCUT2D eigenvalue weighted by Gasteiger charge is 2.10. The lowest BCUT2D eigenvalue weighted by Gasteiger charge is -1.95. The van der Waals surface area contributed by atoms with Crippen LogP contribution in [0.3, 0.4) is 0 Å². The van der Waals surface area contributed by atoms with Crippen molar-refractivity contribution in [2.45, 2.75) is 13.5 Å². The highest BCUT2D eigenvalue weighted by molar-refractivity contribution is 5.53. The fourth-order valence-corrected chi connectivity index (χ4v) is 1.50. The summed E-state index contributed by atoms with van der Waals surface area (Å²) >= 11 is 0. The number of benzene rings is 1. The largest absolute Gasteiger partial charge is 0.440 e. The number of hydrogen-bond donors (Lipinski definition) is 1. The molecule has 0 unspecified atom stereocenters. The van der Waals surface area contributed by atoms with E-state index >= 15 is 0 Å². The molecule has 0 fully saturated rings. The molecule has 0 saturated heterocycles. The molecule has 1 heterocycles. The molecule has 0 amide bonds. The van der Waals surface area contributed by atoms with E-state index in [2.05, 4.69) is 10.3 Å². The molecule has 3 nitrogen and oxygen atoms in total. The van der Waals surface area contributed by atoms with E-state index < -0.39 is 0 Å². The first-order valence-corrected chi connectivity index (χ1v) is 5.07. The minimum absolute atomic E-state index is 0.288. The van der Waals surface area contributed by atoms with Crippen molar-refractivity contribution in [3.05, 3.63) is 41.5 Å². The Morgan fingerprint density at radius 1 is 1.44 bits per heavy atom. The SMILES string of the molecule is CNCc1oc(-c2cccc(F)c2)nc1C. The molecular formula is C12H13FN2O. The molecule has 0 radical (unpaired) electrons. The van der Waals surface area contributed by atoms with E-state index in [0.29, 0.717) is 18.0 Å². The van der Waals surface area contributed by atoms with Gasteiger partial charge in [-0.2, -0.15) is 0 Å². The van der Waals surface area contributed by atoms with Crippen LogP contribution >= 0.6 is 0 Å². The van der Waals surface area contributed by atoms with Crippen molar-refractivity contribution in [2.75, 3.05) is 7.05 Å². The normalized spacial score (nSPS) is 10.7. The zero-order valence-electron chi connectivity index (χ0n) is 9.25. The maximum Gasteiger partial charge on any atom is 0.226 e. The number of aryl methyl sites for hydroxylation is 1. The van der Waals surface area contributed by atoms with Gasteiger partial charge in [-0.25, -0.2) is 9.37 Å². The van der Waals surface area contributed by atoms with Gasteiger partial charge >= 0.3 is 0 Å². The molecule has 1 aromatic carbocycles. The third kappa shape index (κ3) is 2.12. The van der Waals surface area contributed by atoms with Gasteiger partial charge in [-0.3, -0.25) is 0 Å². The predicted octanol–water partition coefficient (Wildman–Crippen LogP) is 2.51. The number of rotatable bonds is 3. The highest BCUT2D eigenvalue weighted by Crippen LogP contribution is 2.22. The highest BCUT2D eigenvalue weighted by atomic mass is 19.1. The van der Waals surface area contributed by atoms with Gasteiger partial charge in [0, 0.05) is 5.56 Å². The van der Waals surface area contributed by atoms with E-state index in [-0.39, 0.29) is 5.82 Å². The van der Waals surface area contributed by atoms with Gasteiger partial charge in [0.25, 0.3) is 0 Å². The summed E-state index contributed by atoms with van der Waals surface area (Å²) in [5, 5.41) is 2.99. The maximum absolute atomic E-state index is 13.0. The molecule has 4 heteroatoms. The van der Waals surface area contributed by atoms with Crippen LogP contribution in [0.1, 0.15) is 11.5 Å². The van der Waals surface area contributed by atoms with Crippen LogP contribution in [-0.2, 0) is 6.54 Å². The first kappa shape index (κ1) is 10.8. The second-order valence-electron chi connectivity index (χ2n) is 3.57. The van der Waals surface area contributed by atoms with Crippen LogP contribution in [0.5, 0.6) is 0 Å². The van der Waals surface area contributed by atoms with Crippen LogP contribution in [-0.4, -0.2) is 12.0 Å². The zero-order valence-corrected chi connectivity index (χ0v) is 9.25. The van der Waals surface area contributed by atoms with Crippen LogP contribution in [0.4, 0.5) is 4.39 Å². The summed E-state index contributed by atoms with van der Waals surface area (Å²) in [6.07, 6.45) is 0. The molecule has 0 atom stereocenters. The molecule has 0 saturated carbocycles. The molecule has 0 aliphatic heterocycles. The van der Waals surface area contributed by atoms with Crippen LogP contribution in [0.25, 0.3) is 11.5 Å². The standard InChI is InChI=1S/C12H13FN2O/c1-8-11(7-14-2)16-12(15-8)9-4-3-5-10(13)6-9/h3-6,14H,7H2,1-2H3. The Hall–Kier alpha value is -1.68. The van der Waals surface area contributed by atoms with Crippen molar-refractivity contribution in [1.82, 2.24) is 10.3 Å². The van der Waals surface area contributed by atoms with Crippen molar-refractivity contribution in [2.24, 2.45) is 0 Å². The molecule has 1 aromatic heterocycles. The van der Waals surface area contributed by atoms with Crippen molar-refractivity contribution in [3.8, 4) is 11.5 Å². The Balaban J connectivity index is 2.37. The van der Waals surface area contributed by atoms with E-state index in [1.807, 2.05) is 14.0 Å². The average Bonchev–Trinajstić information content (AvgIpc) is 2.61. The van der Waals surface area contributed by atoms with E-state index in [9.17, 15) is 4.39 Å². The summed E-state index contributed by atoms with van der Waals surface area (Å²) in [7, 11) is 1.84. The van der Waals surface area contributed by atoms with Crippen LogP contribution in [0, 0.1) is 12.7 Å². The van der Waals surface area contributed by atoms with Crippen molar-refractivity contribution in [3.63, 3.8) is 0 Å². The Kier molecular flexibility index (Phi) is 3.01. The van der Waals surface area contributed by atoms with Crippen molar-refractivity contribution in [1.29, 1.82) is 0 Å². The number of aromatic nitrogens is 1. The van der Waals surface area contributed by atoms with Gasteiger partial charge in [-0.05, 0) is 32.2 Å². The Morgan fingerprint density at radius 3 is 2.94 bits per heavy atom. The van der Waals surface area contributed by atoms with Gasteiger partial charge in [0.1, 0.15) is 11.6 Å². The molecule has 0 spiro atoms. The van der Waals surface area contributed by atoms with Gasteiger partial charge in [0.2, 0.25) is 5.89 Å². The second-order valence-corrected chi connectivity index (χ2v) is 3.57. The van der Waals surface area contributed by atoms with Gasteiger partial charge in [-0.1, -0.05) is 6.07 Å². The Morgan fingerprint density at radius 2 is 2.25 bits per heavy atom. The number of oxazole rings is 1. The minimum atomic E-state index is -0.288. The number of halogens is 1. The predicted molar refractivity (Wildman–Crippen MR) is 59.4 cm³/mol. The number of nitrogens with one attached hydrogen (secondary N) is 1. The quantitative estimate of drug-likeness (QED) is 0.863. The molecule has 2 aromatic rings. The summed E-state index contributed by atoms with van der Waals surface area (Å²) in [5.74, 6) is 0.951. The third-order valence-electron chi connectivity index (χ3n) is 2.30. The maximum atomic E-state index is 13.0. The lowest BCUT2D eigenvalue weighted by Crippen LogP contribution is -2.04. The van der Waals surface area contributed by atoms with Gasteiger partial charge in [-0.15, -0.1) is 0 Å². The summed E-state index contributed by atoms with van der Waals surface area (Å²) < 4.78 is 18.6. The summed E-state index contributed by atoms with van der Waals surface area (Å²) in [5.41, 5.74) is 1.49. The molecule has 2 rings (SSSR count). The topological polar surface area (TPSA) is 38.1 Å². The first-order valence-electron chi connectivity index (χ1n) is 5.07. The lowest BCUT2D eigenvalue weighted by atomic mass is 10.2. The van der Waals surface area contributed by atoms with E-state index in [1.165, 1.54) is 12.1 Å². The monoisotopic (exact) mass is 220 g/mol. The molecular weight excluding hydrogens is 207 g/mol. The second kappa shape index (κ2) is 4.45. The fourth-order valence-electron chi connectivity index (χ4n) is 1.50. The molecule has 84 valence electrons. The fraction of sp³-hybridized carbons (Fsp3) is 0.250. The van der Waals surface area contributed by atoms with Crippen molar-refractivity contribution >= 4 is 0 Å². The smallest absolute Gasteiger partial charge is 0.226 e. The lowest BCUT2D eigenvalue weighted by molar-refractivity contribution is 0.500. The summed E-state index contributed by atoms with van der Waals surface area (Å²) in [4.78, 5) is 4.27. The Bertz CT molecular complexity index is 494. The number of hydrogen-bond acceptors (Lipinski definition) is 3. The summed E-state index contributed by atoms with van der Waals surface area (Å²) in [6, 6.07) is 6.22. The molecule has 1 N–H and O–H groups in total. The number of nitrogens with zero attached hydrogens (tertiary/aromatic N) is 1. The molecule has 0 aliphatic rings. The van der Waals surface area contributed by atoms with Gasteiger partial charge < -0.3 is 9.73 Å². The third-order valence-corrected chi connectivity index (χ3v) is 2.30. The van der Waals surface area contributed by atoms with E-state index in [1.54, 1.807) is 12.1 Å². The molecule has 16 heavy (non-hydrogen) atoms. The van der Waals surface area contributed by atoms with Crippen LogP contribution in [0.2, 0.25) is 0 Å². The van der Waals surface area contributed by atoms with Crippen LogP contribution in [0.15, 0.2) is 28.7 Å². The van der Waals surface area contributed by atoms with Gasteiger partial charge in [0.15, 0.2) is 0 Å². The van der Waals surface area contributed by atoms with Crippen molar-refractivity contribution < 1.29 is 8.81 Å². The summed E-state index contributed by atoms with van der Waals surface area (Å²) in [6.45, 7) is 2.49. The zero-order chi connectivity index (χ0) is 11.5. The van der Waals surface area contributed by atoms with Gasteiger partial charge in [0.05, 0.1) is 12.2 Å². The Labute approximate surface area is 93.3 Å². The van der Waals surface area contributed by atoms with E-state index in [0.717, 1.165) is 11.5 Å². The molecule has 0 aliphatic carbocycles. The average molecular weight is 220 g/mol. The molecule has 0 bridgehead atoms. The minimum Gasteiger partial charge on any atom is -0.440 e. The first-order chi connectivity index (χ1) is 7.70. The van der Waals surface area contributed by atoms with E-state index in [4.69, 9.17) is 4.42 Å².